The van der Waals surface area contributed by atoms with E-state index in [-0.39, 0.29) is 0 Å². The molecule has 0 saturated heterocycles. The van der Waals surface area contributed by atoms with Gasteiger partial charge in [-0.25, -0.2) is 0 Å². The van der Waals surface area contributed by atoms with Crippen molar-refractivity contribution < 1.29 is 9.53 Å². The Hall–Kier alpha value is -1.83. The molecule has 0 saturated carbocycles. The van der Waals surface area contributed by atoms with Crippen molar-refractivity contribution in [3.63, 3.8) is 0 Å². The number of hydrogen-bond acceptors (Lipinski definition) is 2. The van der Waals surface area contributed by atoms with Crippen molar-refractivity contribution in [1.82, 2.24) is 0 Å². The first-order valence-corrected chi connectivity index (χ1v) is 6.33. The molecule has 3 rings (SSSR count). The van der Waals surface area contributed by atoms with E-state index < -0.39 is 0 Å². The predicted molar refractivity (Wildman–Crippen MR) is 72.6 cm³/mol. The third kappa shape index (κ3) is 1.45. The lowest BCUT2D eigenvalue weighted by Gasteiger charge is -2.13. The van der Waals surface area contributed by atoms with Gasteiger partial charge in [0.1, 0.15) is 5.75 Å². The zero-order chi connectivity index (χ0) is 12.7. The number of methoxy groups -OCH3 is 1. The van der Waals surface area contributed by atoms with Gasteiger partial charge < -0.3 is 4.74 Å². The van der Waals surface area contributed by atoms with Crippen LogP contribution in [0.25, 0.3) is 10.8 Å². The number of carbonyl (C=O) groups excluding carboxylic acids is 1. The lowest BCUT2D eigenvalue weighted by atomic mass is 9.91. The molecule has 2 heteroatoms. The number of ether oxygens (including phenoxy) is 1. The topological polar surface area (TPSA) is 26.3 Å². The highest BCUT2D eigenvalue weighted by Crippen LogP contribution is 2.36. The van der Waals surface area contributed by atoms with Crippen LogP contribution in [-0.2, 0) is 12.8 Å². The predicted octanol–water partition coefficient (Wildman–Crippen LogP) is 3.46. The first-order chi connectivity index (χ1) is 8.76. The van der Waals surface area contributed by atoms with E-state index in [2.05, 4.69) is 6.07 Å². The Balaban J connectivity index is 2.43. The molecule has 0 N–H and O–H groups in total. The molecule has 0 spiro atoms. The zero-order valence-electron chi connectivity index (χ0n) is 10.7. The van der Waals surface area contributed by atoms with Crippen LogP contribution in [0.2, 0.25) is 0 Å². The number of hydrogen-bond donors (Lipinski definition) is 0. The Kier molecular flexibility index (Phi) is 2.58. The summed E-state index contributed by atoms with van der Waals surface area (Å²) in [5.74, 6) is 0.848. The molecule has 0 bridgehead atoms. The van der Waals surface area contributed by atoms with Gasteiger partial charge in [-0.05, 0) is 65.8 Å². The molecule has 18 heavy (non-hydrogen) atoms. The molecule has 2 nitrogen and oxygen atoms in total. The summed E-state index contributed by atoms with van der Waals surface area (Å²) in [5.41, 5.74) is 4.60. The van der Waals surface area contributed by atoms with E-state index in [9.17, 15) is 4.79 Å². The van der Waals surface area contributed by atoms with Crippen molar-refractivity contribution in [2.75, 3.05) is 7.11 Å². The second-order valence-corrected chi connectivity index (χ2v) is 4.88. The van der Waals surface area contributed by atoms with Gasteiger partial charge in [-0.1, -0.05) is 6.07 Å². The molecular formula is C16H16O2. The van der Waals surface area contributed by atoms with Crippen LogP contribution in [-0.4, -0.2) is 13.4 Å². The highest BCUT2D eigenvalue weighted by Gasteiger charge is 2.20. The molecule has 0 heterocycles. The second kappa shape index (κ2) is 4.13. The second-order valence-electron chi connectivity index (χ2n) is 4.88. The maximum absolute atomic E-state index is 11.4. The summed E-state index contributed by atoms with van der Waals surface area (Å²) >= 11 is 0. The van der Waals surface area contributed by atoms with Crippen LogP contribution in [0, 0.1) is 6.92 Å². The van der Waals surface area contributed by atoms with E-state index >= 15 is 0 Å². The first kappa shape index (κ1) is 11.3. The summed E-state index contributed by atoms with van der Waals surface area (Å²) in [7, 11) is 1.67. The molecule has 1 aliphatic carbocycles. The highest BCUT2D eigenvalue weighted by molar-refractivity contribution is 5.98. The first-order valence-electron chi connectivity index (χ1n) is 6.33. The number of benzene rings is 2. The molecule has 0 fully saturated rings. The summed E-state index contributed by atoms with van der Waals surface area (Å²) in [6.07, 6.45) is 4.28. The molecular weight excluding hydrogens is 224 g/mol. The Morgan fingerprint density at radius 2 is 1.94 bits per heavy atom. The van der Waals surface area contributed by atoms with Crippen LogP contribution in [0.3, 0.4) is 0 Å². The Bertz CT molecular complexity index is 641. The number of rotatable bonds is 2. The normalized spacial score (nSPS) is 13.7. The zero-order valence-corrected chi connectivity index (χ0v) is 10.7. The van der Waals surface area contributed by atoms with Gasteiger partial charge in [-0.15, -0.1) is 0 Å². The molecule has 2 aromatic rings. The van der Waals surface area contributed by atoms with E-state index in [0.717, 1.165) is 47.8 Å². The fraction of sp³-hybridized carbons (Fsp3) is 0.312. The molecule has 2 aromatic carbocycles. The summed E-state index contributed by atoms with van der Waals surface area (Å²) < 4.78 is 5.28. The number of aldehydes is 1. The fourth-order valence-electron chi connectivity index (χ4n) is 3.09. The average molecular weight is 240 g/mol. The van der Waals surface area contributed by atoms with Gasteiger partial charge in [-0.2, -0.15) is 0 Å². The van der Waals surface area contributed by atoms with Crippen LogP contribution >= 0.6 is 0 Å². The Labute approximate surface area is 107 Å². The van der Waals surface area contributed by atoms with Crippen LogP contribution in [0.1, 0.15) is 33.5 Å². The van der Waals surface area contributed by atoms with Gasteiger partial charge >= 0.3 is 0 Å². The largest absolute Gasteiger partial charge is 0.497 e. The third-order valence-corrected chi connectivity index (χ3v) is 4.02. The highest BCUT2D eigenvalue weighted by atomic mass is 16.5. The minimum Gasteiger partial charge on any atom is -0.497 e. The van der Waals surface area contributed by atoms with Crippen LogP contribution in [0.5, 0.6) is 5.75 Å². The fourth-order valence-corrected chi connectivity index (χ4v) is 3.09. The lowest BCUT2D eigenvalue weighted by Crippen LogP contribution is -1.98. The standard InChI is InChI=1S/C16H16O2/c1-10-15-8-11(18-2)6-7-14(15)12-4-3-5-13(12)16(10)9-17/h6-9H,3-5H2,1-2H3. The van der Waals surface area contributed by atoms with Crippen LogP contribution in [0.4, 0.5) is 0 Å². The summed E-state index contributed by atoms with van der Waals surface area (Å²) in [5, 5.41) is 2.43. The van der Waals surface area contributed by atoms with Crippen LogP contribution in [0.15, 0.2) is 18.2 Å². The SMILES string of the molecule is COc1ccc2c3c(c(C=O)c(C)c2c1)CCC3. The maximum Gasteiger partial charge on any atom is 0.150 e. The van der Waals surface area contributed by atoms with Gasteiger partial charge in [0.15, 0.2) is 6.29 Å². The Morgan fingerprint density at radius 1 is 1.17 bits per heavy atom. The van der Waals surface area contributed by atoms with Gasteiger partial charge in [0.25, 0.3) is 0 Å². The average Bonchev–Trinajstić information content (AvgIpc) is 2.88. The van der Waals surface area contributed by atoms with E-state index in [0.29, 0.717) is 0 Å². The Morgan fingerprint density at radius 3 is 2.67 bits per heavy atom. The molecule has 0 aromatic heterocycles. The van der Waals surface area contributed by atoms with E-state index in [1.54, 1.807) is 7.11 Å². The summed E-state index contributed by atoms with van der Waals surface area (Å²) in [4.78, 5) is 11.4. The molecule has 0 atom stereocenters. The quantitative estimate of drug-likeness (QED) is 0.751. The minimum atomic E-state index is 0.848. The van der Waals surface area contributed by atoms with Crippen molar-refractivity contribution >= 4 is 17.1 Å². The minimum absolute atomic E-state index is 0.848. The van der Waals surface area contributed by atoms with E-state index in [4.69, 9.17) is 4.74 Å². The van der Waals surface area contributed by atoms with Crippen LogP contribution < -0.4 is 4.74 Å². The van der Waals surface area contributed by atoms with Gasteiger partial charge in [0, 0.05) is 5.56 Å². The van der Waals surface area contributed by atoms with Crippen molar-refractivity contribution in [2.24, 2.45) is 0 Å². The maximum atomic E-state index is 11.4. The number of carbonyl (C=O) groups is 1. The van der Waals surface area contributed by atoms with Gasteiger partial charge in [-0.3, -0.25) is 4.79 Å². The summed E-state index contributed by atoms with van der Waals surface area (Å²) in [6, 6.07) is 6.16. The molecule has 0 radical (unpaired) electrons. The van der Waals surface area contributed by atoms with Crippen molar-refractivity contribution in [3.8, 4) is 5.75 Å². The van der Waals surface area contributed by atoms with Crippen molar-refractivity contribution in [3.05, 3.63) is 40.5 Å². The summed E-state index contributed by atoms with van der Waals surface area (Å²) in [6.45, 7) is 2.03. The smallest absolute Gasteiger partial charge is 0.150 e. The molecule has 0 amide bonds. The monoisotopic (exact) mass is 240 g/mol. The number of aryl methyl sites for hydroxylation is 2. The van der Waals surface area contributed by atoms with Crippen molar-refractivity contribution in [1.29, 1.82) is 0 Å². The molecule has 0 unspecified atom stereocenters. The van der Waals surface area contributed by atoms with E-state index in [1.807, 2.05) is 19.1 Å². The van der Waals surface area contributed by atoms with Gasteiger partial charge in [0.05, 0.1) is 7.11 Å². The molecule has 1 aliphatic rings. The molecule has 0 aliphatic heterocycles. The van der Waals surface area contributed by atoms with Crippen molar-refractivity contribution in [2.45, 2.75) is 26.2 Å². The molecule has 92 valence electrons. The lowest BCUT2D eigenvalue weighted by molar-refractivity contribution is 0.112. The third-order valence-electron chi connectivity index (χ3n) is 4.02. The van der Waals surface area contributed by atoms with Gasteiger partial charge in [0.2, 0.25) is 0 Å². The van der Waals surface area contributed by atoms with E-state index in [1.165, 1.54) is 16.5 Å². The number of fused-ring (bicyclic) bond motifs is 3.